The molecule has 1 fully saturated rings. The number of rotatable bonds is 3. The molecule has 7 nitrogen and oxygen atoms in total. The summed E-state index contributed by atoms with van der Waals surface area (Å²) in [4.78, 5) is 32.2. The van der Waals surface area contributed by atoms with Crippen molar-refractivity contribution in [1.82, 2.24) is 0 Å². The largest absolute Gasteiger partial charge is 0.481 e. The molecule has 4 N–H and O–H groups in total. The molecule has 0 bridgehead atoms. The van der Waals surface area contributed by atoms with Gasteiger partial charge in [0.05, 0.1) is 23.9 Å². The molecule has 2 unspecified atom stereocenters. The second kappa shape index (κ2) is 4.48. The zero-order valence-electron chi connectivity index (χ0n) is 8.24. The maximum absolute atomic E-state index is 10.8. The Morgan fingerprint density at radius 2 is 1.19 bits per heavy atom. The van der Waals surface area contributed by atoms with Gasteiger partial charge in [-0.15, -0.1) is 0 Å². The van der Waals surface area contributed by atoms with Crippen molar-refractivity contribution in [2.24, 2.45) is 17.8 Å². The van der Waals surface area contributed by atoms with Crippen molar-refractivity contribution in [1.29, 1.82) is 0 Å². The van der Waals surface area contributed by atoms with Crippen molar-refractivity contribution in [2.75, 3.05) is 0 Å². The second-order valence-corrected chi connectivity index (χ2v) is 3.89. The highest BCUT2D eigenvalue weighted by Gasteiger charge is 2.45. The molecule has 16 heavy (non-hydrogen) atoms. The third kappa shape index (κ3) is 2.30. The normalized spacial score (nSPS) is 34.3. The minimum atomic E-state index is -1.54. The van der Waals surface area contributed by atoms with E-state index in [4.69, 9.17) is 15.3 Å². The lowest BCUT2D eigenvalue weighted by molar-refractivity contribution is -0.163. The van der Waals surface area contributed by atoms with Gasteiger partial charge < -0.3 is 20.4 Å². The zero-order chi connectivity index (χ0) is 12.5. The first kappa shape index (κ1) is 12.4. The minimum Gasteiger partial charge on any atom is -0.481 e. The number of carboxylic acid groups (broad SMARTS) is 3. The van der Waals surface area contributed by atoms with Crippen LogP contribution >= 0.6 is 0 Å². The Morgan fingerprint density at radius 1 is 0.812 bits per heavy atom. The molecule has 0 radical (unpaired) electrons. The van der Waals surface area contributed by atoms with Crippen LogP contribution in [0.25, 0.3) is 0 Å². The molecule has 1 rings (SSSR count). The number of aliphatic carboxylic acids is 3. The van der Waals surface area contributed by atoms with Gasteiger partial charge in [-0.25, -0.2) is 0 Å². The molecular weight excluding hydrogens is 220 g/mol. The number of aliphatic hydroxyl groups excluding tert-OH is 1. The molecule has 0 aromatic heterocycles. The van der Waals surface area contributed by atoms with Gasteiger partial charge in [0.25, 0.3) is 0 Å². The van der Waals surface area contributed by atoms with Crippen LogP contribution in [-0.4, -0.2) is 44.4 Å². The van der Waals surface area contributed by atoms with Crippen LogP contribution in [0.3, 0.4) is 0 Å². The molecule has 7 heteroatoms. The first-order valence-corrected chi connectivity index (χ1v) is 4.71. The van der Waals surface area contributed by atoms with Crippen LogP contribution in [0.2, 0.25) is 0 Å². The topological polar surface area (TPSA) is 132 Å². The second-order valence-electron chi connectivity index (χ2n) is 3.89. The van der Waals surface area contributed by atoms with Crippen LogP contribution < -0.4 is 0 Å². The predicted molar refractivity (Wildman–Crippen MR) is 48.6 cm³/mol. The number of hydrogen-bond acceptors (Lipinski definition) is 4. The van der Waals surface area contributed by atoms with E-state index in [1.807, 2.05) is 0 Å². The Bertz CT molecular complexity index is 300. The first-order valence-electron chi connectivity index (χ1n) is 4.71. The summed E-state index contributed by atoms with van der Waals surface area (Å²) in [7, 11) is 0. The molecule has 1 aliphatic rings. The summed E-state index contributed by atoms with van der Waals surface area (Å²) in [6.07, 6.45) is -2.02. The van der Waals surface area contributed by atoms with E-state index in [9.17, 15) is 19.5 Å². The Hall–Kier alpha value is -1.63. The first-order chi connectivity index (χ1) is 7.34. The fourth-order valence-electron chi connectivity index (χ4n) is 1.96. The van der Waals surface area contributed by atoms with E-state index in [1.54, 1.807) is 0 Å². The third-order valence-electron chi connectivity index (χ3n) is 2.89. The summed E-state index contributed by atoms with van der Waals surface area (Å²) >= 11 is 0. The maximum atomic E-state index is 10.8. The lowest BCUT2D eigenvalue weighted by atomic mass is 9.73. The summed E-state index contributed by atoms with van der Waals surface area (Å²) in [5.41, 5.74) is 0. The van der Waals surface area contributed by atoms with Crippen molar-refractivity contribution >= 4 is 17.9 Å². The minimum absolute atomic E-state index is 0.240. The Kier molecular flexibility index (Phi) is 3.48. The van der Waals surface area contributed by atoms with E-state index < -0.39 is 41.8 Å². The van der Waals surface area contributed by atoms with Gasteiger partial charge in [0.15, 0.2) is 0 Å². The van der Waals surface area contributed by atoms with Gasteiger partial charge in [-0.3, -0.25) is 14.4 Å². The molecule has 0 spiro atoms. The molecule has 90 valence electrons. The zero-order valence-corrected chi connectivity index (χ0v) is 8.24. The van der Waals surface area contributed by atoms with Crippen molar-refractivity contribution in [3.05, 3.63) is 0 Å². The molecule has 0 aromatic rings. The molecular formula is C9H12O7. The van der Waals surface area contributed by atoms with Gasteiger partial charge in [0, 0.05) is 0 Å². The molecule has 1 aliphatic carbocycles. The monoisotopic (exact) mass is 232 g/mol. The van der Waals surface area contributed by atoms with Crippen LogP contribution in [0, 0.1) is 17.8 Å². The van der Waals surface area contributed by atoms with Crippen molar-refractivity contribution in [3.63, 3.8) is 0 Å². The van der Waals surface area contributed by atoms with E-state index in [-0.39, 0.29) is 12.8 Å². The molecule has 0 aromatic carbocycles. The fourth-order valence-corrected chi connectivity index (χ4v) is 1.96. The van der Waals surface area contributed by atoms with Crippen molar-refractivity contribution in [3.8, 4) is 0 Å². The molecule has 0 aliphatic heterocycles. The Balaban J connectivity index is 2.92. The number of carboxylic acids is 3. The van der Waals surface area contributed by atoms with Gasteiger partial charge in [-0.05, 0) is 12.8 Å². The number of aliphatic hydroxyl groups is 1. The van der Waals surface area contributed by atoms with Gasteiger partial charge >= 0.3 is 17.9 Å². The smallest absolute Gasteiger partial charge is 0.309 e. The Morgan fingerprint density at radius 3 is 1.44 bits per heavy atom. The summed E-state index contributed by atoms with van der Waals surface area (Å²) in [5.74, 6) is -7.68. The molecule has 1 saturated carbocycles. The average Bonchev–Trinajstić information content (AvgIpc) is 2.16. The SMILES string of the molecule is O=C(O)C1CC(C(=O)O)C(O)C(C(=O)O)C1. The van der Waals surface area contributed by atoms with Crippen LogP contribution in [0.4, 0.5) is 0 Å². The standard InChI is InChI=1S/C9H12O7/c10-6-4(8(13)14)1-3(7(11)12)2-5(6)9(15)16/h3-6,10H,1-2H2,(H,11,12)(H,13,14)(H,15,16). The molecule has 2 atom stereocenters. The fraction of sp³-hybridized carbons (Fsp3) is 0.667. The Labute approximate surface area is 90.3 Å². The quantitative estimate of drug-likeness (QED) is 0.502. The highest BCUT2D eigenvalue weighted by Crippen LogP contribution is 2.34. The maximum Gasteiger partial charge on any atom is 0.309 e. The van der Waals surface area contributed by atoms with Crippen LogP contribution in [0.1, 0.15) is 12.8 Å². The van der Waals surface area contributed by atoms with E-state index in [0.29, 0.717) is 0 Å². The summed E-state index contributed by atoms with van der Waals surface area (Å²) < 4.78 is 0. The summed E-state index contributed by atoms with van der Waals surface area (Å²) in [6.45, 7) is 0. The third-order valence-corrected chi connectivity index (χ3v) is 2.89. The van der Waals surface area contributed by atoms with Gasteiger partial charge in [0.1, 0.15) is 0 Å². The number of carbonyl (C=O) groups is 3. The van der Waals surface area contributed by atoms with Crippen LogP contribution in [-0.2, 0) is 14.4 Å². The highest BCUT2D eigenvalue weighted by atomic mass is 16.4. The summed E-state index contributed by atoms with van der Waals surface area (Å²) in [5, 5.41) is 35.8. The van der Waals surface area contributed by atoms with E-state index >= 15 is 0 Å². The van der Waals surface area contributed by atoms with Crippen LogP contribution in [0.5, 0.6) is 0 Å². The van der Waals surface area contributed by atoms with Gasteiger partial charge in [-0.1, -0.05) is 0 Å². The lowest BCUT2D eigenvalue weighted by Crippen LogP contribution is -2.46. The lowest BCUT2D eigenvalue weighted by Gasteiger charge is -2.33. The predicted octanol–water partition coefficient (Wildman–Crippen LogP) is -0.756. The van der Waals surface area contributed by atoms with Crippen molar-refractivity contribution < 1.29 is 34.8 Å². The van der Waals surface area contributed by atoms with Gasteiger partial charge in [-0.2, -0.15) is 0 Å². The highest BCUT2D eigenvalue weighted by molar-refractivity contribution is 5.79. The molecule has 0 heterocycles. The van der Waals surface area contributed by atoms with E-state index in [0.717, 1.165) is 0 Å². The summed E-state index contributed by atoms with van der Waals surface area (Å²) in [6, 6.07) is 0. The van der Waals surface area contributed by atoms with Crippen molar-refractivity contribution in [2.45, 2.75) is 18.9 Å². The van der Waals surface area contributed by atoms with Crippen LogP contribution in [0.15, 0.2) is 0 Å². The van der Waals surface area contributed by atoms with E-state index in [2.05, 4.69) is 0 Å². The van der Waals surface area contributed by atoms with Gasteiger partial charge in [0.2, 0.25) is 0 Å². The molecule has 0 amide bonds. The number of hydrogen-bond donors (Lipinski definition) is 4. The van der Waals surface area contributed by atoms with E-state index in [1.165, 1.54) is 0 Å². The molecule has 0 saturated heterocycles. The average molecular weight is 232 g/mol.